The lowest BCUT2D eigenvalue weighted by atomic mass is 9.97. The smallest absolute Gasteiger partial charge is 0.326 e. The first-order valence-electron chi connectivity index (χ1n) is 19.6. The molecular weight excluding hydrogens is 724 g/mol. The van der Waals surface area contributed by atoms with Crippen LogP contribution in [-0.2, 0) is 28.8 Å². The van der Waals surface area contributed by atoms with Crippen molar-refractivity contribution >= 4 is 47.5 Å². The lowest BCUT2D eigenvalue weighted by Gasteiger charge is -2.35. The summed E-state index contributed by atoms with van der Waals surface area (Å²) in [6, 6.07) is -5.83. The molecule has 0 aromatic heterocycles. The quantitative estimate of drug-likeness (QED) is 0.126. The summed E-state index contributed by atoms with van der Waals surface area (Å²) >= 11 is 0. The molecule has 0 aliphatic rings. The number of rotatable bonds is 22. The summed E-state index contributed by atoms with van der Waals surface area (Å²) in [6.07, 6.45) is 1.67. The van der Waals surface area contributed by atoms with E-state index in [9.17, 15) is 43.5 Å². The summed E-state index contributed by atoms with van der Waals surface area (Å²) in [4.78, 5) is 112. The number of primary amides is 1. The minimum Gasteiger partial charge on any atom is -0.396 e. The molecule has 0 aliphatic heterocycles. The molecule has 5 atom stereocenters. The predicted octanol–water partition coefficient (Wildman–Crippen LogP) is 2.25. The van der Waals surface area contributed by atoms with Crippen LogP contribution in [0.3, 0.4) is 0 Å². The fourth-order valence-electron chi connectivity index (χ4n) is 6.00. The van der Waals surface area contributed by atoms with Crippen molar-refractivity contribution in [2.75, 3.05) is 48.4 Å². The van der Waals surface area contributed by atoms with Crippen LogP contribution in [0.1, 0.15) is 101 Å². The van der Waals surface area contributed by atoms with Gasteiger partial charge in [-0.2, -0.15) is 0 Å². The van der Waals surface area contributed by atoms with Gasteiger partial charge in [0.2, 0.25) is 29.5 Å². The number of nitrogens with zero attached hydrogens (tertiary/aromatic N) is 5. The number of carbonyl (C=O) groups is 8. The average Bonchev–Trinajstić information content (AvgIpc) is 3.10. The van der Waals surface area contributed by atoms with Crippen molar-refractivity contribution < 1.29 is 43.5 Å². The highest BCUT2D eigenvalue weighted by molar-refractivity contribution is 6.01. The molecule has 56 heavy (non-hydrogen) atoms. The van der Waals surface area contributed by atoms with Gasteiger partial charge in [-0.25, -0.2) is 9.59 Å². The minimum absolute atomic E-state index is 0.0600. The molecule has 0 aromatic rings. The second-order valence-electron chi connectivity index (χ2n) is 16.7. The van der Waals surface area contributed by atoms with E-state index in [1.165, 1.54) is 45.0 Å². The molecule has 17 heteroatoms. The van der Waals surface area contributed by atoms with Crippen molar-refractivity contribution in [1.29, 1.82) is 0 Å². The first-order valence-corrected chi connectivity index (χ1v) is 19.6. The Morgan fingerprint density at radius 3 is 1.61 bits per heavy atom. The highest BCUT2D eigenvalue weighted by Crippen LogP contribution is 2.19. The minimum atomic E-state index is -1.20. The van der Waals surface area contributed by atoms with Gasteiger partial charge < -0.3 is 35.8 Å². The fourth-order valence-corrected chi connectivity index (χ4v) is 6.00. The second-order valence-corrected chi connectivity index (χ2v) is 16.7. The number of urea groups is 2. The zero-order valence-electron chi connectivity index (χ0n) is 36.4. The van der Waals surface area contributed by atoms with E-state index in [0.29, 0.717) is 19.3 Å². The molecule has 0 aromatic carbocycles. The van der Waals surface area contributed by atoms with Gasteiger partial charge in [0.25, 0.3) is 5.91 Å². The number of amides is 10. The van der Waals surface area contributed by atoms with Crippen molar-refractivity contribution in [2.24, 2.45) is 35.3 Å². The highest BCUT2D eigenvalue weighted by atomic mass is 16.3. The molecule has 0 rings (SSSR count). The standard InChI is InChI=1S/C39H72N8O9/c1-23(2)15-16-31(49)47(14)39(56)46(13)30(21-27(9)17-18-48)36(53)42-38(55)43(10)22-32(50)44(11)29(20-25(5)6)35(52)41-33(26(7)8)37(54)45(12)28(34(40)51)19-24(3)4/h23-30,33,48H,15-22H2,1-14H3,(H2,40,51)(H,41,52)(H,42,53,55)/t27-,28+,29+,30+,33+/m1/s1. The van der Waals surface area contributed by atoms with Crippen molar-refractivity contribution in [3.05, 3.63) is 0 Å². The topological polar surface area (TPSA) is 223 Å². The van der Waals surface area contributed by atoms with Crippen LogP contribution < -0.4 is 16.4 Å². The fraction of sp³-hybridized carbons (Fsp3) is 0.795. The third-order valence-electron chi connectivity index (χ3n) is 9.79. The monoisotopic (exact) mass is 797 g/mol. The van der Waals surface area contributed by atoms with Gasteiger partial charge in [-0.15, -0.1) is 0 Å². The summed E-state index contributed by atoms with van der Waals surface area (Å²) in [5.41, 5.74) is 5.62. The lowest BCUT2D eigenvalue weighted by Crippen LogP contribution is -2.59. The highest BCUT2D eigenvalue weighted by Gasteiger charge is 2.37. The molecule has 0 aliphatic carbocycles. The van der Waals surface area contributed by atoms with E-state index in [0.717, 1.165) is 14.7 Å². The average molecular weight is 797 g/mol. The Balaban J connectivity index is 6.08. The van der Waals surface area contributed by atoms with Gasteiger partial charge >= 0.3 is 12.1 Å². The molecule has 0 heterocycles. The Morgan fingerprint density at radius 1 is 0.625 bits per heavy atom. The van der Waals surface area contributed by atoms with E-state index in [2.05, 4.69) is 10.6 Å². The maximum absolute atomic E-state index is 13.8. The van der Waals surface area contributed by atoms with Crippen LogP contribution in [0.25, 0.3) is 0 Å². The van der Waals surface area contributed by atoms with E-state index in [1.807, 2.05) is 41.5 Å². The van der Waals surface area contributed by atoms with Crippen molar-refractivity contribution in [3.8, 4) is 0 Å². The molecule has 0 spiro atoms. The van der Waals surface area contributed by atoms with E-state index >= 15 is 0 Å². The molecule has 0 radical (unpaired) electrons. The normalized spacial score (nSPS) is 14.1. The van der Waals surface area contributed by atoms with Crippen LogP contribution >= 0.6 is 0 Å². The summed E-state index contributed by atoms with van der Waals surface area (Å²) in [5.74, 6) is -4.03. The molecule has 0 fully saturated rings. The maximum Gasteiger partial charge on any atom is 0.326 e. The van der Waals surface area contributed by atoms with Gasteiger partial charge in [0.1, 0.15) is 30.7 Å². The molecule has 322 valence electrons. The predicted molar refractivity (Wildman–Crippen MR) is 213 cm³/mol. The molecule has 5 N–H and O–H groups in total. The molecule has 0 saturated heterocycles. The summed E-state index contributed by atoms with van der Waals surface area (Å²) < 4.78 is 0. The number of likely N-dealkylation sites (N-methyl/N-ethyl adjacent to an activating group) is 4. The van der Waals surface area contributed by atoms with Crippen LogP contribution in [-0.4, -0.2) is 150 Å². The van der Waals surface area contributed by atoms with Crippen LogP contribution in [0.15, 0.2) is 0 Å². The number of nitrogens with two attached hydrogens (primary N) is 1. The molecular formula is C39H72N8O9. The third kappa shape index (κ3) is 16.8. The van der Waals surface area contributed by atoms with Crippen LogP contribution in [0, 0.1) is 29.6 Å². The van der Waals surface area contributed by atoms with Gasteiger partial charge in [-0.1, -0.05) is 62.3 Å². The van der Waals surface area contributed by atoms with Gasteiger partial charge in [0, 0.05) is 48.3 Å². The maximum atomic E-state index is 13.8. The van der Waals surface area contributed by atoms with Gasteiger partial charge in [-0.3, -0.25) is 39.0 Å². The van der Waals surface area contributed by atoms with Crippen molar-refractivity contribution in [1.82, 2.24) is 35.1 Å². The Labute approximate surface area is 334 Å². The summed E-state index contributed by atoms with van der Waals surface area (Å²) in [6.45, 7) is 16.0. The van der Waals surface area contributed by atoms with E-state index in [4.69, 9.17) is 5.73 Å². The molecule has 10 amide bonds. The van der Waals surface area contributed by atoms with E-state index < -0.39 is 78.2 Å². The van der Waals surface area contributed by atoms with Crippen molar-refractivity contribution in [3.63, 3.8) is 0 Å². The Morgan fingerprint density at radius 2 is 1.14 bits per heavy atom. The number of hydrogen-bond acceptors (Lipinski definition) is 9. The van der Waals surface area contributed by atoms with E-state index in [-0.39, 0.29) is 55.5 Å². The SMILES string of the molecule is CC(C)CCC(=O)N(C)C(=O)N(C)[C@@H](C[C@H](C)CCO)C(=O)NC(=O)N(C)CC(=O)N(C)[C@@H](CC(C)C)C(=O)N[C@H](C(=O)N(C)[C@@H](CC(C)C)C(N)=O)C(C)C. The molecule has 0 bridgehead atoms. The summed E-state index contributed by atoms with van der Waals surface area (Å²) in [5, 5.41) is 14.5. The van der Waals surface area contributed by atoms with Crippen LogP contribution in [0.2, 0.25) is 0 Å². The lowest BCUT2D eigenvalue weighted by molar-refractivity contribution is -0.145. The van der Waals surface area contributed by atoms with Gasteiger partial charge in [0.15, 0.2) is 0 Å². The summed E-state index contributed by atoms with van der Waals surface area (Å²) in [7, 11) is 6.86. The zero-order valence-corrected chi connectivity index (χ0v) is 36.4. The second kappa shape index (κ2) is 24.4. The molecule has 0 unspecified atom stereocenters. The molecule has 0 saturated carbocycles. The van der Waals surface area contributed by atoms with Crippen LogP contribution in [0.4, 0.5) is 9.59 Å². The Kier molecular flexibility index (Phi) is 22.5. The number of imide groups is 2. The Hall–Kier alpha value is -4.28. The first-order chi connectivity index (χ1) is 25.8. The Bertz CT molecular complexity index is 1360. The largest absolute Gasteiger partial charge is 0.396 e. The number of aliphatic hydroxyl groups is 1. The van der Waals surface area contributed by atoms with E-state index in [1.54, 1.807) is 20.8 Å². The third-order valence-corrected chi connectivity index (χ3v) is 9.79. The number of carbonyl (C=O) groups excluding carboxylic acids is 8. The zero-order chi connectivity index (χ0) is 43.8. The molecule has 17 nitrogen and oxygen atoms in total. The number of hydrogen-bond donors (Lipinski definition) is 4. The van der Waals surface area contributed by atoms with Gasteiger partial charge in [-0.05, 0) is 61.7 Å². The van der Waals surface area contributed by atoms with Gasteiger partial charge in [0.05, 0.1) is 0 Å². The van der Waals surface area contributed by atoms with Crippen molar-refractivity contribution in [2.45, 2.75) is 125 Å². The van der Waals surface area contributed by atoms with Crippen LogP contribution in [0.5, 0.6) is 0 Å². The first kappa shape index (κ1) is 51.7. The number of aliphatic hydroxyl groups excluding tert-OH is 1. The number of nitrogens with one attached hydrogen (secondary N) is 2.